The number of hydrogen-bond acceptors (Lipinski definition) is 6. The zero-order chi connectivity index (χ0) is 20.6. The maximum Gasteiger partial charge on any atom is 0.287 e. The van der Waals surface area contributed by atoms with Crippen LogP contribution in [0.25, 0.3) is 11.0 Å². The van der Waals surface area contributed by atoms with Crippen LogP contribution in [-0.4, -0.2) is 37.3 Å². The second kappa shape index (κ2) is 9.72. The summed E-state index contributed by atoms with van der Waals surface area (Å²) in [4.78, 5) is 23.6. The molecule has 3 N–H and O–H groups in total. The van der Waals surface area contributed by atoms with Crippen molar-refractivity contribution in [1.29, 1.82) is 0 Å². The van der Waals surface area contributed by atoms with Gasteiger partial charge >= 0.3 is 0 Å². The van der Waals surface area contributed by atoms with E-state index >= 15 is 0 Å². The Morgan fingerprint density at radius 1 is 1.10 bits per heavy atom. The summed E-state index contributed by atoms with van der Waals surface area (Å²) in [5.41, 5.74) is 3.44. The second-order valence-corrected chi connectivity index (χ2v) is 6.30. The molecular formula is C21H22N2O6. The number of hydrogen-bond donors (Lipinski definition) is 3. The van der Waals surface area contributed by atoms with Gasteiger partial charge in [0.25, 0.3) is 11.8 Å². The van der Waals surface area contributed by atoms with Crippen LogP contribution in [-0.2, 0) is 11.3 Å². The fourth-order valence-corrected chi connectivity index (χ4v) is 2.82. The van der Waals surface area contributed by atoms with Crippen LogP contribution < -0.4 is 15.5 Å². The maximum atomic E-state index is 12.3. The Morgan fingerprint density at radius 2 is 1.90 bits per heavy atom. The highest BCUT2D eigenvalue weighted by Crippen LogP contribution is 2.23. The number of fused-ring (bicyclic) bond motifs is 1. The third-order valence-corrected chi connectivity index (χ3v) is 4.24. The Balaban J connectivity index is 1.46. The van der Waals surface area contributed by atoms with Crippen molar-refractivity contribution >= 4 is 22.8 Å². The smallest absolute Gasteiger partial charge is 0.287 e. The number of carbonyl (C=O) groups excluding carboxylic acids is 2. The summed E-state index contributed by atoms with van der Waals surface area (Å²) in [5, 5.41) is 12.2. The highest BCUT2D eigenvalue weighted by atomic mass is 16.5. The fraction of sp³-hybridized carbons (Fsp3) is 0.238. The highest BCUT2D eigenvalue weighted by Gasteiger charge is 2.14. The Bertz CT molecular complexity index is 981. The van der Waals surface area contributed by atoms with E-state index in [4.69, 9.17) is 19.1 Å². The first-order valence-corrected chi connectivity index (χ1v) is 9.08. The molecule has 0 aliphatic rings. The van der Waals surface area contributed by atoms with Crippen molar-refractivity contribution in [3.8, 4) is 5.75 Å². The summed E-state index contributed by atoms with van der Waals surface area (Å²) in [5.74, 6) is -0.0286. The Hall–Kier alpha value is -3.36. The summed E-state index contributed by atoms with van der Waals surface area (Å²) in [6.07, 6.45) is 0.597. The molecule has 2 amide bonds. The second-order valence-electron chi connectivity index (χ2n) is 6.30. The topological polar surface area (TPSA) is 110 Å². The van der Waals surface area contributed by atoms with E-state index < -0.39 is 5.91 Å². The summed E-state index contributed by atoms with van der Waals surface area (Å²) in [7, 11) is 1.61. The van der Waals surface area contributed by atoms with Crippen molar-refractivity contribution < 1.29 is 28.7 Å². The van der Waals surface area contributed by atoms with Crippen LogP contribution in [0.3, 0.4) is 0 Å². The molecule has 0 radical (unpaired) electrons. The molecule has 0 fully saturated rings. The number of rotatable bonds is 9. The van der Waals surface area contributed by atoms with Crippen molar-refractivity contribution in [2.24, 2.45) is 0 Å². The molecule has 0 bridgehead atoms. The van der Waals surface area contributed by atoms with E-state index in [-0.39, 0.29) is 11.7 Å². The van der Waals surface area contributed by atoms with Crippen LogP contribution in [0, 0.1) is 0 Å². The lowest BCUT2D eigenvalue weighted by Gasteiger charge is -2.07. The zero-order valence-corrected chi connectivity index (χ0v) is 15.9. The van der Waals surface area contributed by atoms with Gasteiger partial charge in [-0.05, 0) is 36.8 Å². The van der Waals surface area contributed by atoms with Gasteiger partial charge in [0.15, 0.2) is 5.76 Å². The van der Waals surface area contributed by atoms with Gasteiger partial charge in [-0.15, -0.1) is 0 Å². The third-order valence-electron chi connectivity index (χ3n) is 4.24. The number of amides is 2. The molecule has 29 heavy (non-hydrogen) atoms. The first-order chi connectivity index (χ1) is 14.1. The number of ether oxygens (including phenoxy) is 2. The number of furan rings is 1. The van der Waals surface area contributed by atoms with E-state index in [1.165, 1.54) is 0 Å². The number of benzene rings is 2. The minimum absolute atomic E-state index is 0.252. The first kappa shape index (κ1) is 20.4. The molecule has 0 aliphatic heterocycles. The summed E-state index contributed by atoms with van der Waals surface area (Å²) in [6.45, 7) is 1.23. The van der Waals surface area contributed by atoms with Gasteiger partial charge in [-0.1, -0.05) is 18.2 Å². The largest absolute Gasteiger partial charge is 0.494 e. The molecule has 152 valence electrons. The number of nitrogens with one attached hydrogen (secondary N) is 2. The molecule has 0 unspecified atom stereocenters. The summed E-state index contributed by atoms with van der Waals surface area (Å²) in [6, 6.07) is 13.8. The van der Waals surface area contributed by atoms with Crippen LogP contribution in [0.2, 0.25) is 0 Å². The summed E-state index contributed by atoms with van der Waals surface area (Å²) >= 11 is 0. The molecule has 1 aromatic heterocycles. The molecule has 0 aliphatic carbocycles. The molecule has 2 aromatic carbocycles. The van der Waals surface area contributed by atoms with Crippen molar-refractivity contribution in [1.82, 2.24) is 10.8 Å². The predicted molar refractivity (Wildman–Crippen MR) is 105 cm³/mol. The standard InChI is InChI=1S/C21H22N2O6/c1-27-13-16-5-2-4-15-12-18(29-19(15)16)21(25)22-10-3-11-28-17-8-6-14(7-9-17)20(24)23-26/h2,4-9,12,26H,3,10-11,13H2,1H3,(H,22,25)(H,23,24). The van der Waals surface area contributed by atoms with E-state index in [0.29, 0.717) is 43.1 Å². The molecule has 0 spiro atoms. The van der Waals surface area contributed by atoms with Crippen LogP contribution in [0.15, 0.2) is 52.9 Å². The number of methoxy groups -OCH3 is 1. The zero-order valence-electron chi connectivity index (χ0n) is 15.9. The SMILES string of the molecule is COCc1cccc2cc(C(=O)NCCCOc3ccc(C(=O)NO)cc3)oc12. The van der Waals surface area contributed by atoms with E-state index in [1.54, 1.807) is 42.9 Å². The van der Waals surface area contributed by atoms with Crippen molar-refractivity contribution in [3.63, 3.8) is 0 Å². The van der Waals surface area contributed by atoms with E-state index in [9.17, 15) is 9.59 Å². The molecule has 0 atom stereocenters. The lowest BCUT2D eigenvalue weighted by Crippen LogP contribution is -2.25. The van der Waals surface area contributed by atoms with E-state index in [0.717, 1.165) is 10.9 Å². The van der Waals surface area contributed by atoms with Crippen LogP contribution in [0.5, 0.6) is 5.75 Å². The minimum atomic E-state index is -0.584. The minimum Gasteiger partial charge on any atom is -0.494 e. The van der Waals surface area contributed by atoms with Gasteiger partial charge in [0.1, 0.15) is 11.3 Å². The van der Waals surface area contributed by atoms with Crippen LogP contribution in [0.4, 0.5) is 0 Å². The molecule has 8 heteroatoms. The van der Waals surface area contributed by atoms with Gasteiger partial charge in [-0.25, -0.2) is 5.48 Å². The number of para-hydroxylation sites is 1. The molecule has 0 saturated heterocycles. The summed E-state index contributed by atoms with van der Waals surface area (Å²) < 4.78 is 16.4. The monoisotopic (exact) mass is 398 g/mol. The lowest BCUT2D eigenvalue weighted by atomic mass is 10.1. The average Bonchev–Trinajstić information content (AvgIpc) is 3.19. The molecule has 0 saturated carbocycles. The average molecular weight is 398 g/mol. The quantitative estimate of drug-likeness (QED) is 0.290. The molecular weight excluding hydrogens is 376 g/mol. The van der Waals surface area contributed by atoms with Gasteiger partial charge in [0, 0.05) is 30.2 Å². The lowest BCUT2D eigenvalue weighted by molar-refractivity contribution is 0.0706. The molecule has 8 nitrogen and oxygen atoms in total. The highest BCUT2D eigenvalue weighted by molar-refractivity contribution is 5.96. The molecule has 3 rings (SSSR count). The van der Waals surface area contributed by atoms with Gasteiger partial charge in [0.05, 0.1) is 13.2 Å². The maximum absolute atomic E-state index is 12.3. The van der Waals surface area contributed by atoms with Crippen molar-refractivity contribution in [2.45, 2.75) is 13.0 Å². The Labute approximate surface area is 167 Å². The van der Waals surface area contributed by atoms with Crippen molar-refractivity contribution in [2.75, 3.05) is 20.3 Å². The predicted octanol–water partition coefficient (Wildman–Crippen LogP) is 2.90. The van der Waals surface area contributed by atoms with Gasteiger partial charge in [0.2, 0.25) is 0 Å². The van der Waals surface area contributed by atoms with Crippen LogP contribution >= 0.6 is 0 Å². The normalized spacial score (nSPS) is 10.7. The Morgan fingerprint density at radius 3 is 2.62 bits per heavy atom. The molecule has 3 aromatic rings. The van der Waals surface area contributed by atoms with E-state index in [1.807, 2.05) is 18.2 Å². The fourth-order valence-electron chi connectivity index (χ4n) is 2.82. The first-order valence-electron chi connectivity index (χ1n) is 9.08. The van der Waals surface area contributed by atoms with Crippen LogP contribution in [0.1, 0.15) is 32.9 Å². The van der Waals surface area contributed by atoms with E-state index in [2.05, 4.69) is 5.32 Å². The van der Waals surface area contributed by atoms with Gasteiger partial charge in [-0.2, -0.15) is 0 Å². The van der Waals surface area contributed by atoms with Gasteiger partial charge < -0.3 is 19.2 Å². The van der Waals surface area contributed by atoms with Crippen molar-refractivity contribution in [3.05, 3.63) is 65.4 Å². The third kappa shape index (κ3) is 5.13. The Kier molecular flexibility index (Phi) is 6.83. The van der Waals surface area contributed by atoms with Gasteiger partial charge in [-0.3, -0.25) is 14.8 Å². The molecule has 1 heterocycles. The number of carbonyl (C=O) groups is 2. The number of hydroxylamine groups is 1.